The Labute approximate surface area is 176 Å². The van der Waals surface area contributed by atoms with Crippen LogP contribution in [-0.2, 0) is 17.7 Å². The van der Waals surface area contributed by atoms with E-state index in [1.807, 2.05) is 19.9 Å². The zero-order valence-corrected chi connectivity index (χ0v) is 18.1. The Balaban J connectivity index is 0.00000261. The van der Waals surface area contributed by atoms with E-state index in [0.29, 0.717) is 13.1 Å². The number of morpholine rings is 1. The average molecular weight is 488 g/mol. The van der Waals surface area contributed by atoms with Crippen LogP contribution in [0.1, 0.15) is 37.0 Å². The minimum atomic E-state index is -0.245. The topological polar surface area (TPSA) is 62.9 Å². The van der Waals surface area contributed by atoms with Gasteiger partial charge in [0.05, 0.1) is 24.9 Å². The smallest absolute Gasteiger partial charge is 0.194 e. The van der Waals surface area contributed by atoms with Gasteiger partial charge in [0.15, 0.2) is 11.7 Å². The van der Waals surface area contributed by atoms with Gasteiger partial charge in [-0.1, -0.05) is 24.2 Å². The van der Waals surface area contributed by atoms with E-state index in [-0.39, 0.29) is 42.0 Å². The molecule has 0 radical (unpaired) electrons. The number of benzene rings is 1. The number of hydrogen-bond acceptors (Lipinski definition) is 4. The van der Waals surface area contributed by atoms with Gasteiger partial charge < -0.3 is 19.5 Å². The quantitative estimate of drug-likeness (QED) is 0.406. The molecule has 1 aliphatic rings. The number of rotatable bonds is 4. The van der Waals surface area contributed by atoms with Gasteiger partial charge in [-0.05, 0) is 31.0 Å². The second-order valence-corrected chi connectivity index (χ2v) is 6.43. The summed E-state index contributed by atoms with van der Waals surface area (Å²) in [4.78, 5) is 6.54. The fourth-order valence-electron chi connectivity index (χ4n) is 3.09. The highest BCUT2D eigenvalue weighted by Gasteiger charge is 2.28. The summed E-state index contributed by atoms with van der Waals surface area (Å²) in [6, 6.07) is 8.42. The molecule has 148 valence electrons. The summed E-state index contributed by atoms with van der Waals surface area (Å²) < 4.78 is 24.5. The third-order valence-electron chi connectivity index (χ3n) is 4.40. The Bertz CT molecular complexity index is 750. The third kappa shape index (κ3) is 5.65. The molecule has 2 atom stereocenters. The van der Waals surface area contributed by atoms with Crippen molar-refractivity contribution in [3.8, 4) is 0 Å². The van der Waals surface area contributed by atoms with Gasteiger partial charge in [0, 0.05) is 19.7 Å². The molecule has 1 aromatic carbocycles. The Morgan fingerprint density at radius 2 is 2.07 bits per heavy atom. The van der Waals surface area contributed by atoms with Crippen molar-refractivity contribution in [2.75, 3.05) is 20.1 Å². The van der Waals surface area contributed by atoms with Gasteiger partial charge >= 0.3 is 0 Å². The van der Waals surface area contributed by atoms with E-state index in [0.717, 1.165) is 35.9 Å². The van der Waals surface area contributed by atoms with Crippen LogP contribution in [-0.4, -0.2) is 42.3 Å². The van der Waals surface area contributed by atoms with Crippen molar-refractivity contribution in [3.05, 3.63) is 53.2 Å². The summed E-state index contributed by atoms with van der Waals surface area (Å²) in [6.07, 6.45) is 0.752. The number of nitrogens with zero attached hydrogens (tertiary/aromatic N) is 3. The average Bonchev–Trinajstić information content (AvgIpc) is 3.10. The van der Waals surface area contributed by atoms with Crippen molar-refractivity contribution in [1.29, 1.82) is 0 Å². The lowest BCUT2D eigenvalue weighted by atomic mass is 10.1. The van der Waals surface area contributed by atoms with Crippen molar-refractivity contribution in [2.24, 2.45) is 4.99 Å². The lowest BCUT2D eigenvalue weighted by molar-refractivity contribution is -0.0605. The van der Waals surface area contributed by atoms with Gasteiger partial charge in [0.1, 0.15) is 11.9 Å². The molecule has 1 fully saturated rings. The fourth-order valence-corrected chi connectivity index (χ4v) is 3.09. The Kier molecular flexibility index (Phi) is 8.03. The fraction of sp³-hybridized carbons (Fsp3) is 0.474. The van der Waals surface area contributed by atoms with Crippen LogP contribution >= 0.6 is 24.0 Å². The molecule has 1 aromatic heterocycles. The summed E-state index contributed by atoms with van der Waals surface area (Å²) in [5, 5.41) is 7.32. The molecule has 8 heteroatoms. The summed E-state index contributed by atoms with van der Waals surface area (Å²) >= 11 is 0. The van der Waals surface area contributed by atoms with Gasteiger partial charge in [0.25, 0.3) is 0 Å². The number of aliphatic imine (C=N–C) groups is 1. The molecular formula is C19H26FIN4O2. The van der Waals surface area contributed by atoms with Crippen molar-refractivity contribution >= 4 is 29.9 Å². The Morgan fingerprint density at radius 3 is 2.70 bits per heavy atom. The summed E-state index contributed by atoms with van der Waals surface area (Å²) in [5.41, 5.74) is 1.90. The molecule has 1 saturated heterocycles. The first-order valence-electron chi connectivity index (χ1n) is 8.90. The van der Waals surface area contributed by atoms with Crippen molar-refractivity contribution in [3.63, 3.8) is 0 Å². The lowest BCUT2D eigenvalue weighted by Gasteiger charge is -2.38. The molecule has 2 aromatic rings. The number of hydrogen-bond donors (Lipinski definition) is 1. The van der Waals surface area contributed by atoms with Crippen molar-refractivity contribution < 1.29 is 13.7 Å². The van der Waals surface area contributed by atoms with E-state index in [2.05, 4.69) is 20.4 Å². The first-order valence-corrected chi connectivity index (χ1v) is 8.90. The van der Waals surface area contributed by atoms with Gasteiger partial charge in [-0.3, -0.25) is 4.99 Å². The first-order chi connectivity index (χ1) is 12.6. The van der Waals surface area contributed by atoms with E-state index in [1.54, 1.807) is 19.2 Å². The van der Waals surface area contributed by atoms with E-state index < -0.39 is 0 Å². The molecule has 27 heavy (non-hydrogen) atoms. The first kappa shape index (κ1) is 21.6. The Morgan fingerprint density at radius 1 is 1.33 bits per heavy atom. The second-order valence-electron chi connectivity index (χ2n) is 6.43. The van der Waals surface area contributed by atoms with Crippen LogP contribution < -0.4 is 5.32 Å². The van der Waals surface area contributed by atoms with E-state index in [4.69, 9.17) is 9.26 Å². The van der Waals surface area contributed by atoms with Gasteiger partial charge in [-0.15, -0.1) is 24.0 Å². The lowest BCUT2D eigenvalue weighted by Crippen LogP contribution is -2.50. The van der Waals surface area contributed by atoms with Crippen LogP contribution in [0.25, 0.3) is 0 Å². The molecule has 0 saturated carbocycles. The molecule has 2 heterocycles. The zero-order valence-electron chi connectivity index (χ0n) is 15.8. The van der Waals surface area contributed by atoms with Crippen LogP contribution in [0.15, 0.2) is 39.8 Å². The van der Waals surface area contributed by atoms with E-state index >= 15 is 0 Å². The molecule has 1 aliphatic heterocycles. The maximum absolute atomic E-state index is 13.2. The highest BCUT2D eigenvalue weighted by molar-refractivity contribution is 14.0. The van der Waals surface area contributed by atoms with Crippen LogP contribution in [0.4, 0.5) is 4.39 Å². The molecule has 3 rings (SSSR count). The van der Waals surface area contributed by atoms with Gasteiger partial charge in [0.2, 0.25) is 0 Å². The zero-order chi connectivity index (χ0) is 18.5. The molecule has 0 spiro atoms. The highest BCUT2D eigenvalue weighted by atomic mass is 127. The molecule has 6 nitrogen and oxygen atoms in total. The van der Waals surface area contributed by atoms with Crippen LogP contribution in [0.2, 0.25) is 0 Å². The standard InChI is InChI=1S/C19H25FN4O2.HI/c1-4-16-9-17(26-23-16)10-22-19(21-3)24-11-13(2)25-18(12-24)14-5-7-15(20)8-6-14;/h5-9,13,18H,4,10-12H2,1-3H3,(H,21,22);1H. The predicted molar refractivity (Wildman–Crippen MR) is 113 cm³/mol. The number of ether oxygens (including phenoxy) is 1. The van der Waals surface area contributed by atoms with E-state index in [1.165, 1.54) is 12.1 Å². The molecule has 0 amide bonds. The molecule has 0 bridgehead atoms. The SMILES string of the molecule is CCc1cc(CNC(=NC)N2CC(C)OC(c3ccc(F)cc3)C2)on1.I. The molecule has 0 aliphatic carbocycles. The molecule has 2 unspecified atom stereocenters. The van der Waals surface area contributed by atoms with E-state index in [9.17, 15) is 4.39 Å². The maximum atomic E-state index is 13.2. The van der Waals surface area contributed by atoms with Gasteiger partial charge in [-0.2, -0.15) is 0 Å². The monoisotopic (exact) mass is 488 g/mol. The van der Waals surface area contributed by atoms with Crippen LogP contribution in [0.5, 0.6) is 0 Å². The van der Waals surface area contributed by atoms with Gasteiger partial charge in [-0.25, -0.2) is 4.39 Å². The number of halogens is 2. The number of guanidine groups is 1. The second kappa shape index (κ2) is 10.0. The number of aromatic nitrogens is 1. The summed E-state index contributed by atoms with van der Waals surface area (Å²) in [5.74, 6) is 1.31. The third-order valence-corrected chi connectivity index (χ3v) is 4.40. The Hall–Kier alpha value is -1.68. The largest absolute Gasteiger partial charge is 0.367 e. The number of aryl methyl sites for hydroxylation is 1. The normalized spacial score (nSPS) is 20.3. The molecular weight excluding hydrogens is 462 g/mol. The van der Waals surface area contributed by atoms with Crippen molar-refractivity contribution in [2.45, 2.75) is 39.0 Å². The minimum absolute atomic E-state index is 0. The predicted octanol–water partition coefficient (Wildman–Crippen LogP) is 3.53. The summed E-state index contributed by atoms with van der Waals surface area (Å²) in [6.45, 7) is 5.96. The molecule has 1 N–H and O–H groups in total. The highest BCUT2D eigenvalue weighted by Crippen LogP contribution is 2.25. The number of nitrogens with one attached hydrogen (secondary N) is 1. The maximum Gasteiger partial charge on any atom is 0.194 e. The van der Waals surface area contributed by atoms with Crippen molar-refractivity contribution in [1.82, 2.24) is 15.4 Å². The minimum Gasteiger partial charge on any atom is -0.367 e. The summed E-state index contributed by atoms with van der Waals surface area (Å²) in [7, 11) is 1.76. The van der Waals surface area contributed by atoms with Crippen LogP contribution in [0.3, 0.4) is 0 Å². The van der Waals surface area contributed by atoms with Crippen LogP contribution in [0, 0.1) is 5.82 Å².